The quantitative estimate of drug-likeness (QED) is 0.575. The maximum absolute atomic E-state index is 10.5. The van der Waals surface area contributed by atoms with Crippen molar-refractivity contribution >= 4 is 17.5 Å². The van der Waals surface area contributed by atoms with Gasteiger partial charge in [-0.2, -0.15) is 0 Å². The molecule has 0 aliphatic rings. The number of rotatable bonds is 3. The molecule has 11 heavy (non-hydrogen) atoms. The molecule has 0 bridgehead atoms. The molecule has 1 atom stereocenters. The summed E-state index contributed by atoms with van der Waals surface area (Å²) in [6.07, 6.45) is 0. The summed E-state index contributed by atoms with van der Waals surface area (Å²) in [5.41, 5.74) is 0. The molecule has 0 aromatic heterocycles. The first kappa shape index (κ1) is 13.1. The van der Waals surface area contributed by atoms with Gasteiger partial charge in [0, 0.05) is 20.1 Å². The van der Waals surface area contributed by atoms with Crippen LogP contribution in [0.25, 0.3) is 0 Å². The van der Waals surface area contributed by atoms with E-state index in [0.29, 0.717) is 0 Å². The molecule has 65 valence electrons. The van der Waals surface area contributed by atoms with Crippen LogP contribution in [0.15, 0.2) is 0 Å². The fourth-order valence-corrected chi connectivity index (χ4v) is 0.370. The zero-order valence-electron chi connectivity index (χ0n) is 6.08. The predicted molar refractivity (Wildman–Crippen MR) is 32.5 cm³/mol. The van der Waals surface area contributed by atoms with Crippen LogP contribution in [0, 0.1) is 5.92 Å². The molecule has 0 saturated heterocycles. The van der Waals surface area contributed by atoms with Crippen LogP contribution in [0.3, 0.4) is 0 Å². The van der Waals surface area contributed by atoms with E-state index < -0.39 is 23.5 Å². The number of carboxylic acid groups (broad SMARTS) is 1. The van der Waals surface area contributed by atoms with E-state index in [0.717, 1.165) is 0 Å². The standard InChI is InChI=1S/C6H8O4.Ir/c1-3(4(2)7)5(8)6(9)10;/h3H,1-2H3,(H,9,10);. The Kier molecular flexibility index (Phi) is 6.13. The van der Waals surface area contributed by atoms with Crippen molar-refractivity contribution in [3.05, 3.63) is 0 Å². The van der Waals surface area contributed by atoms with Crippen molar-refractivity contribution in [2.24, 2.45) is 5.92 Å². The Bertz CT molecular complexity index is 187. The van der Waals surface area contributed by atoms with Gasteiger partial charge < -0.3 is 5.11 Å². The van der Waals surface area contributed by atoms with Crippen LogP contribution in [0.2, 0.25) is 0 Å². The van der Waals surface area contributed by atoms with Crippen LogP contribution in [0.5, 0.6) is 0 Å². The predicted octanol–water partition coefficient (Wildman–Crippen LogP) is -0.137. The maximum atomic E-state index is 10.5. The minimum absolute atomic E-state index is 0. The van der Waals surface area contributed by atoms with Crippen molar-refractivity contribution in [3.63, 3.8) is 0 Å². The molecular weight excluding hydrogens is 328 g/mol. The number of hydrogen-bond acceptors (Lipinski definition) is 3. The molecule has 1 N–H and O–H groups in total. The van der Waals surface area contributed by atoms with Crippen molar-refractivity contribution in [2.75, 3.05) is 0 Å². The molecule has 4 nitrogen and oxygen atoms in total. The molecule has 0 aromatic carbocycles. The first-order chi connectivity index (χ1) is 4.46. The van der Waals surface area contributed by atoms with Gasteiger partial charge in [-0.25, -0.2) is 4.79 Å². The summed E-state index contributed by atoms with van der Waals surface area (Å²) in [7, 11) is 0. The second kappa shape index (κ2) is 5.15. The molecule has 0 heterocycles. The molecule has 0 aliphatic carbocycles. The molecule has 0 amide bonds. The van der Waals surface area contributed by atoms with Gasteiger partial charge in [-0.05, 0) is 13.8 Å². The zero-order valence-corrected chi connectivity index (χ0v) is 8.48. The van der Waals surface area contributed by atoms with E-state index in [1.165, 1.54) is 13.8 Å². The monoisotopic (exact) mass is 337 g/mol. The van der Waals surface area contributed by atoms with Crippen molar-refractivity contribution in [1.82, 2.24) is 0 Å². The summed E-state index contributed by atoms with van der Waals surface area (Å²) in [6.45, 7) is 2.46. The average Bonchev–Trinajstić information content (AvgIpc) is 1.84. The van der Waals surface area contributed by atoms with Crippen LogP contribution in [-0.2, 0) is 34.5 Å². The van der Waals surface area contributed by atoms with Gasteiger partial charge in [-0.1, -0.05) is 0 Å². The third-order valence-electron chi connectivity index (χ3n) is 1.21. The summed E-state index contributed by atoms with van der Waals surface area (Å²) in [5.74, 6) is -4.04. The van der Waals surface area contributed by atoms with E-state index >= 15 is 0 Å². The van der Waals surface area contributed by atoms with Gasteiger partial charge in [-0.3, -0.25) is 9.59 Å². The van der Waals surface area contributed by atoms with Gasteiger partial charge in [0.1, 0.15) is 5.78 Å². The Balaban J connectivity index is 0. The molecule has 5 heteroatoms. The van der Waals surface area contributed by atoms with E-state index in [2.05, 4.69) is 0 Å². The third-order valence-corrected chi connectivity index (χ3v) is 1.21. The van der Waals surface area contributed by atoms with Gasteiger partial charge in [0.2, 0.25) is 5.78 Å². The number of ketones is 2. The summed E-state index contributed by atoms with van der Waals surface area (Å²) >= 11 is 0. The SMILES string of the molecule is CC(=O)C(C)C(=O)C(=O)O.[Ir]. The molecule has 1 unspecified atom stereocenters. The molecular formula is C6H8IrO4. The molecule has 0 spiro atoms. The van der Waals surface area contributed by atoms with E-state index in [9.17, 15) is 14.4 Å². The molecule has 0 saturated carbocycles. The zero-order chi connectivity index (χ0) is 8.31. The minimum atomic E-state index is -1.55. The Morgan fingerprint density at radius 1 is 1.27 bits per heavy atom. The van der Waals surface area contributed by atoms with Crippen LogP contribution in [0.4, 0.5) is 0 Å². The number of carbonyl (C=O) groups excluding carboxylic acids is 2. The summed E-state index contributed by atoms with van der Waals surface area (Å²) in [6, 6.07) is 0. The Morgan fingerprint density at radius 3 is 1.73 bits per heavy atom. The fraction of sp³-hybridized carbons (Fsp3) is 0.500. The third kappa shape index (κ3) is 4.01. The van der Waals surface area contributed by atoms with Crippen LogP contribution >= 0.6 is 0 Å². The number of carboxylic acids is 1. The van der Waals surface area contributed by atoms with Gasteiger partial charge in [0.05, 0.1) is 5.92 Å². The molecule has 0 rings (SSSR count). The number of Topliss-reactive ketones (excluding diaryl/α,β-unsaturated/α-hetero) is 2. The minimum Gasteiger partial charge on any atom is -0.475 e. The summed E-state index contributed by atoms with van der Waals surface area (Å²) < 4.78 is 0. The topological polar surface area (TPSA) is 71.4 Å². The smallest absolute Gasteiger partial charge is 0.372 e. The summed E-state index contributed by atoms with van der Waals surface area (Å²) in [4.78, 5) is 30.8. The molecule has 0 aliphatic heterocycles. The van der Waals surface area contributed by atoms with Gasteiger partial charge in [0.25, 0.3) is 0 Å². The van der Waals surface area contributed by atoms with E-state index in [4.69, 9.17) is 5.11 Å². The van der Waals surface area contributed by atoms with Gasteiger partial charge in [-0.15, -0.1) is 0 Å². The summed E-state index contributed by atoms with van der Waals surface area (Å²) in [5, 5.41) is 8.10. The average molecular weight is 336 g/mol. The van der Waals surface area contributed by atoms with Gasteiger partial charge in [0.15, 0.2) is 0 Å². The van der Waals surface area contributed by atoms with Gasteiger partial charge >= 0.3 is 5.97 Å². The Morgan fingerprint density at radius 2 is 1.64 bits per heavy atom. The normalized spacial score (nSPS) is 11.1. The second-order valence-corrected chi connectivity index (χ2v) is 2.00. The maximum Gasteiger partial charge on any atom is 0.372 e. The largest absolute Gasteiger partial charge is 0.475 e. The van der Waals surface area contributed by atoms with Crippen LogP contribution in [-0.4, -0.2) is 22.6 Å². The van der Waals surface area contributed by atoms with E-state index in [1.54, 1.807) is 0 Å². The van der Waals surface area contributed by atoms with Crippen LogP contribution < -0.4 is 0 Å². The fourth-order valence-electron chi connectivity index (χ4n) is 0.370. The Labute approximate surface area is 77.3 Å². The Hall–Kier alpha value is -0.541. The first-order valence-corrected chi connectivity index (χ1v) is 2.74. The number of hydrogen-bond donors (Lipinski definition) is 1. The first-order valence-electron chi connectivity index (χ1n) is 2.74. The second-order valence-electron chi connectivity index (χ2n) is 2.00. The van der Waals surface area contributed by atoms with Crippen molar-refractivity contribution in [3.8, 4) is 0 Å². The van der Waals surface area contributed by atoms with Crippen molar-refractivity contribution < 1.29 is 39.6 Å². The van der Waals surface area contributed by atoms with E-state index in [-0.39, 0.29) is 20.1 Å². The molecule has 0 aromatic rings. The molecule has 0 fully saturated rings. The van der Waals surface area contributed by atoms with E-state index in [1.807, 2.05) is 0 Å². The number of carbonyl (C=O) groups is 3. The van der Waals surface area contributed by atoms with Crippen molar-refractivity contribution in [2.45, 2.75) is 13.8 Å². The van der Waals surface area contributed by atoms with Crippen molar-refractivity contribution in [1.29, 1.82) is 0 Å². The van der Waals surface area contributed by atoms with Crippen LogP contribution in [0.1, 0.15) is 13.8 Å². The number of aliphatic carboxylic acids is 1. The molecule has 1 radical (unpaired) electrons.